The van der Waals surface area contributed by atoms with Crippen molar-refractivity contribution in [2.45, 2.75) is 39.2 Å². The van der Waals surface area contributed by atoms with Crippen molar-refractivity contribution in [2.75, 3.05) is 19.0 Å². The fraction of sp³-hybridized carbons (Fsp3) is 0.474. The molecule has 0 radical (unpaired) electrons. The lowest BCUT2D eigenvalue weighted by atomic mass is 9.92. The molecule has 0 aromatic heterocycles. The maximum Gasteiger partial charge on any atom is 0.337 e. The van der Waals surface area contributed by atoms with Crippen LogP contribution in [-0.4, -0.2) is 47.9 Å². The first-order valence-electron chi connectivity index (χ1n) is 8.78. The summed E-state index contributed by atoms with van der Waals surface area (Å²) in [4.78, 5) is 49.3. The predicted molar refractivity (Wildman–Crippen MR) is 99.1 cm³/mol. The normalized spacial score (nSPS) is 19.2. The average molecular weight is 375 g/mol. The van der Waals surface area contributed by atoms with E-state index in [9.17, 15) is 19.2 Å². The van der Waals surface area contributed by atoms with Gasteiger partial charge in [0.05, 0.1) is 12.7 Å². The van der Waals surface area contributed by atoms with Gasteiger partial charge >= 0.3 is 12.0 Å². The molecule has 1 aromatic carbocycles. The van der Waals surface area contributed by atoms with Gasteiger partial charge in [0, 0.05) is 5.69 Å². The van der Waals surface area contributed by atoms with Crippen molar-refractivity contribution in [1.29, 1.82) is 0 Å². The molecule has 1 aliphatic heterocycles. The number of benzene rings is 1. The van der Waals surface area contributed by atoms with E-state index in [4.69, 9.17) is 0 Å². The Labute approximate surface area is 158 Å². The summed E-state index contributed by atoms with van der Waals surface area (Å²) < 4.78 is 4.61. The molecule has 8 nitrogen and oxygen atoms in total. The van der Waals surface area contributed by atoms with Crippen molar-refractivity contribution in [2.24, 2.45) is 5.92 Å². The summed E-state index contributed by atoms with van der Waals surface area (Å²) in [5, 5.41) is 5.29. The Morgan fingerprint density at radius 3 is 2.41 bits per heavy atom. The highest BCUT2D eigenvalue weighted by Crippen LogP contribution is 2.24. The minimum Gasteiger partial charge on any atom is -0.465 e. The van der Waals surface area contributed by atoms with Crippen LogP contribution in [0.5, 0.6) is 0 Å². The highest BCUT2D eigenvalue weighted by Gasteiger charge is 2.47. The average Bonchev–Trinajstić information content (AvgIpc) is 2.83. The van der Waals surface area contributed by atoms with E-state index >= 15 is 0 Å². The summed E-state index contributed by atoms with van der Waals surface area (Å²) in [7, 11) is 1.28. The number of nitrogens with zero attached hydrogens (tertiary/aromatic N) is 1. The second-order valence-corrected chi connectivity index (χ2v) is 7.20. The molecule has 0 bridgehead atoms. The molecule has 146 valence electrons. The molecule has 2 rings (SSSR count). The highest BCUT2D eigenvalue weighted by atomic mass is 16.5. The third kappa shape index (κ3) is 4.84. The number of urea groups is 1. The summed E-state index contributed by atoms with van der Waals surface area (Å²) in [6, 6.07) is 5.55. The number of carbonyl (C=O) groups is 4. The number of ether oxygens (including phenoxy) is 1. The van der Waals surface area contributed by atoms with Crippen molar-refractivity contribution in [1.82, 2.24) is 10.2 Å². The third-order valence-corrected chi connectivity index (χ3v) is 4.46. The number of imide groups is 1. The molecule has 2 N–H and O–H groups in total. The Morgan fingerprint density at radius 2 is 1.85 bits per heavy atom. The molecule has 1 saturated heterocycles. The van der Waals surface area contributed by atoms with E-state index in [1.54, 1.807) is 19.1 Å². The fourth-order valence-corrected chi connectivity index (χ4v) is 2.79. The molecule has 0 aliphatic carbocycles. The lowest BCUT2D eigenvalue weighted by Gasteiger charge is -2.22. The van der Waals surface area contributed by atoms with Crippen molar-refractivity contribution < 1.29 is 23.9 Å². The van der Waals surface area contributed by atoms with Crippen molar-refractivity contribution >= 4 is 29.5 Å². The Kier molecular flexibility index (Phi) is 6.20. The van der Waals surface area contributed by atoms with Gasteiger partial charge < -0.3 is 15.4 Å². The van der Waals surface area contributed by atoms with Gasteiger partial charge in [-0.25, -0.2) is 9.59 Å². The first kappa shape index (κ1) is 20.4. The zero-order chi connectivity index (χ0) is 20.2. The molecule has 0 spiro atoms. The maximum atomic E-state index is 12.6. The van der Waals surface area contributed by atoms with Gasteiger partial charge in [0.2, 0.25) is 5.91 Å². The van der Waals surface area contributed by atoms with Crippen molar-refractivity contribution in [3.05, 3.63) is 29.8 Å². The Balaban J connectivity index is 1.98. The van der Waals surface area contributed by atoms with E-state index in [2.05, 4.69) is 15.4 Å². The van der Waals surface area contributed by atoms with Gasteiger partial charge in [-0.05, 0) is 49.9 Å². The number of hydrogen-bond acceptors (Lipinski definition) is 5. The molecular formula is C19H25N3O5. The maximum absolute atomic E-state index is 12.6. The molecule has 1 heterocycles. The molecule has 4 amide bonds. The largest absolute Gasteiger partial charge is 0.465 e. The predicted octanol–water partition coefficient (Wildman–Crippen LogP) is 2.16. The third-order valence-electron chi connectivity index (χ3n) is 4.46. The van der Waals surface area contributed by atoms with Crippen LogP contribution in [0.3, 0.4) is 0 Å². The first-order chi connectivity index (χ1) is 12.7. The number of methoxy groups -OCH3 is 1. The van der Waals surface area contributed by atoms with Crippen LogP contribution in [0.1, 0.15) is 44.0 Å². The SMILES string of the molecule is COC(=O)c1ccc(NC(=O)CN2C(=O)N[C@](C)(CCC(C)C)C2=O)cc1. The standard InChI is InChI=1S/C19H25N3O5/c1-12(2)9-10-19(3)17(25)22(18(26)21-19)11-15(23)20-14-7-5-13(6-8-14)16(24)27-4/h5-8,12H,9-11H2,1-4H3,(H,20,23)(H,21,26)/t19-/m1/s1. The van der Waals surface area contributed by atoms with Crippen LogP contribution in [0.15, 0.2) is 24.3 Å². The van der Waals surface area contributed by atoms with Gasteiger partial charge in [-0.1, -0.05) is 13.8 Å². The minimum absolute atomic E-state index is 0.352. The lowest BCUT2D eigenvalue weighted by Crippen LogP contribution is -2.44. The van der Waals surface area contributed by atoms with E-state index in [0.717, 1.165) is 11.3 Å². The molecule has 1 fully saturated rings. The zero-order valence-corrected chi connectivity index (χ0v) is 16.0. The molecule has 0 saturated carbocycles. The molecule has 1 atom stereocenters. The van der Waals surface area contributed by atoms with Gasteiger partial charge in [0.25, 0.3) is 5.91 Å². The summed E-state index contributed by atoms with van der Waals surface area (Å²) in [5.74, 6) is -0.980. The molecular weight excluding hydrogens is 350 g/mol. The van der Waals surface area contributed by atoms with Crippen LogP contribution in [0.4, 0.5) is 10.5 Å². The molecule has 1 aromatic rings. The van der Waals surface area contributed by atoms with Gasteiger partial charge in [0.1, 0.15) is 12.1 Å². The number of nitrogens with one attached hydrogen (secondary N) is 2. The van der Waals surface area contributed by atoms with Crippen molar-refractivity contribution in [3.63, 3.8) is 0 Å². The summed E-state index contributed by atoms with van der Waals surface area (Å²) in [5.41, 5.74) is -0.183. The van der Waals surface area contributed by atoms with E-state index in [1.807, 2.05) is 13.8 Å². The number of hydrogen-bond donors (Lipinski definition) is 2. The van der Waals surface area contributed by atoms with E-state index in [1.165, 1.54) is 19.2 Å². The molecule has 8 heteroatoms. The lowest BCUT2D eigenvalue weighted by molar-refractivity contribution is -0.133. The highest BCUT2D eigenvalue weighted by molar-refractivity contribution is 6.09. The number of rotatable bonds is 7. The second kappa shape index (κ2) is 8.20. The summed E-state index contributed by atoms with van der Waals surface area (Å²) >= 11 is 0. The fourth-order valence-electron chi connectivity index (χ4n) is 2.79. The smallest absolute Gasteiger partial charge is 0.337 e. The molecule has 27 heavy (non-hydrogen) atoms. The molecule has 1 aliphatic rings. The second-order valence-electron chi connectivity index (χ2n) is 7.20. The van der Waals surface area contributed by atoms with Gasteiger partial charge in [-0.3, -0.25) is 14.5 Å². The number of anilines is 1. The van der Waals surface area contributed by atoms with Gasteiger partial charge in [-0.15, -0.1) is 0 Å². The number of carbonyl (C=O) groups excluding carboxylic acids is 4. The van der Waals surface area contributed by atoms with Crippen LogP contribution in [-0.2, 0) is 14.3 Å². The van der Waals surface area contributed by atoms with E-state index in [0.29, 0.717) is 23.6 Å². The van der Waals surface area contributed by atoms with E-state index in [-0.39, 0.29) is 6.54 Å². The monoisotopic (exact) mass is 375 g/mol. The summed E-state index contributed by atoms with van der Waals surface area (Å²) in [6.45, 7) is 5.39. The van der Waals surface area contributed by atoms with Crippen LogP contribution >= 0.6 is 0 Å². The van der Waals surface area contributed by atoms with Gasteiger partial charge in [0.15, 0.2) is 0 Å². The first-order valence-corrected chi connectivity index (χ1v) is 8.78. The number of esters is 1. The zero-order valence-electron chi connectivity index (χ0n) is 16.0. The van der Waals surface area contributed by atoms with Crippen LogP contribution in [0.25, 0.3) is 0 Å². The van der Waals surface area contributed by atoms with Crippen molar-refractivity contribution in [3.8, 4) is 0 Å². The van der Waals surface area contributed by atoms with Gasteiger partial charge in [-0.2, -0.15) is 0 Å². The Bertz CT molecular complexity index is 744. The van der Waals surface area contributed by atoms with Crippen LogP contribution in [0, 0.1) is 5.92 Å². The Hall–Kier alpha value is -2.90. The Morgan fingerprint density at radius 1 is 1.22 bits per heavy atom. The summed E-state index contributed by atoms with van der Waals surface area (Å²) in [6.07, 6.45) is 1.30. The minimum atomic E-state index is -0.982. The quantitative estimate of drug-likeness (QED) is 0.561. The van der Waals surface area contributed by atoms with Crippen LogP contribution < -0.4 is 10.6 Å². The molecule has 0 unspecified atom stereocenters. The van der Waals surface area contributed by atoms with E-state index < -0.39 is 29.4 Å². The van der Waals surface area contributed by atoms with Crippen LogP contribution in [0.2, 0.25) is 0 Å². The topological polar surface area (TPSA) is 105 Å². The number of amides is 4.